The highest BCUT2D eigenvalue weighted by Crippen LogP contribution is 2.35. The van der Waals surface area contributed by atoms with E-state index in [1.807, 2.05) is 25.1 Å². The highest BCUT2D eigenvalue weighted by atomic mass is 79.9. The molecule has 1 saturated heterocycles. The zero-order valence-electron chi connectivity index (χ0n) is 16.2. The third-order valence-corrected chi connectivity index (χ3v) is 5.02. The first-order valence-corrected chi connectivity index (χ1v) is 9.73. The molecule has 1 aliphatic heterocycles. The van der Waals surface area contributed by atoms with Gasteiger partial charge in [-0.05, 0) is 36.3 Å². The summed E-state index contributed by atoms with van der Waals surface area (Å²) in [5.41, 5.74) is 3.08. The van der Waals surface area contributed by atoms with Gasteiger partial charge in [0.05, 0.1) is 7.11 Å². The molecule has 0 aromatic heterocycles. The van der Waals surface area contributed by atoms with Crippen LogP contribution in [0.5, 0.6) is 11.5 Å². The van der Waals surface area contributed by atoms with Gasteiger partial charge in [-0.3, -0.25) is 9.69 Å². The van der Waals surface area contributed by atoms with E-state index in [0.717, 1.165) is 16.0 Å². The fourth-order valence-corrected chi connectivity index (χ4v) is 3.36. The number of ether oxygens (including phenoxy) is 2. The van der Waals surface area contributed by atoms with Gasteiger partial charge in [0.2, 0.25) is 0 Å². The smallest absolute Gasteiger partial charge is 0.329 e. The van der Waals surface area contributed by atoms with Gasteiger partial charge in [0, 0.05) is 11.0 Å². The summed E-state index contributed by atoms with van der Waals surface area (Å²) >= 11 is 3.50. The fraction of sp³-hybridized carbons (Fsp3) is 0.182. The maximum absolute atomic E-state index is 12.4. The fourth-order valence-electron chi connectivity index (χ4n) is 2.92. The standard InChI is InChI=1S/C22H21BrN2O4/c1-4-8-25-21(26)18(24-22(25)27)10-16-11-19(28-3)20(12-17(16)23)29-13-15-7-5-6-14(2)9-15/h4-7,9-12H,1,8,13H2,2-3H3,(H,24,27)/b18-10+. The van der Waals surface area contributed by atoms with Crippen LogP contribution in [0.1, 0.15) is 16.7 Å². The molecule has 1 fully saturated rings. The number of nitrogens with zero attached hydrogens (tertiary/aromatic N) is 1. The molecule has 3 amide bonds. The molecule has 2 aromatic rings. The zero-order valence-corrected chi connectivity index (χ0v) is 17.8. The molecular formula is C22H21BrN2O4. The molecule has 3 rings (SSSR count). The number of rotatable bonds is 7. The first kappa shape index (κ1) is 20.7. The van der Waals surface area contributed by atoms with Crippen molar-refractivity contribution in [3.05, 3.63) is 75.9 Å². The molecule has 0 atom stereocenters. The summed E-state index contributed by atoms with van der Waals surface area (Å²) in [4.78, 5) is 25.4. The number of amides is 3. The average molecular weight is 457 g/mol. The summed E-state index contributed by atoms with van der Waals surface area (Å²) in [5.74, 6) is 0.686. The summed E-state index contributed by atoms with van der Waals surface area (Å²) in [6.07, 6.45) is 3.10. The van der Waals surface area contributed by atoms with Gasteiger partial charge in [0.15, 0.2) is 11.5 Å². The molecule has 0 saturated carbocycles. The van der Waals surface area contributed by atoms with Crippen LogP contribution in [0.15, 0.2) is 59.2 Å². The van der Waals surface area contributed by atoms with Gasteiger partial charge in [-0.2, -0.15) is 0 Å². The van der Waals surface area contributed by atoms with Crippen LogP contribution in [-0.4, -0.2) is 30.5 Å². The topological polar surface area (TPSA) is 67.9 Å². The lowest BCUT2D eigenvalue weighted by molar-refractivity contribution is -0.122. The Bertz CT molecular complexity index is 1000. The van der Waals surface area contributed by atoms with Crippen molar-refractivity contribution < 1.29 is 19.1 Å². The summed E-state index contributed by atoms with van der Waals surface area (Å²) in [5, 5.41) is 2.58. The van der Waals surface area contributed by atoms with Crippen molar-refractivity contribution in [3.63, 3.8) is 0 Å². The van der Waals surface area contributed by atoms with Gasteiger partial charge in [0.1, 0.15) is 12.3 Å². The second-order valence-electron chi connectivity index (χ2n) is 6.49. The van der Waals surface area contributed by atoms with Crippen LogP contribution in [0.4, 0.5) is 4.79 Å². The molecule has 0 bridgehead atoms. The predicted octanol–water partition coefficient (Wildman–Crippen LogP) is 4.42. The van der Waals surface area contributed by atoms with E-state index >= 15 is 0 Å². The summed E-state index contributed by atoms with van der Waals surface area (Å²) in [6.45, 7) is 6.14. The lowest BCUT2D eigenvalue weighted by Crippen LogP contribution is -2.30. The zero-order chi connectivity index (χ0) is 21.0. The number of halogens is 1. The van der Waals surface area contributed by atoms with Gasteiger partial charge < -0.3 is 14.8 Å². The number of carbonyl (C=O) groups is 2. The van der Waals surface area contributed by atoms with E-state index < -0.39 is 11.9 Å². The molecule has 7 heteroatoms. The molecule has 0 spiro atoms. The normalized spacial score (nSPS) is 14.9. The Kier molecular flexibility index (Phi) is 6.39. The van der Waals surface area contributed by atoms with Crippen LogP contribution in [0.25, 0.3) is 6.08 Å². The number of carbonyl (C=O) groups excluding carboxylic acids is 2. The molecule has 150 valence electrons. The Morgan fingerprint density at radius 1 is 1.21 bits per heavy atom. The first-order chi connectivity index (χ1) is 13.9. The second kappa shape index (κ2) is 8.96. The molecule has 29 heavy (non-hydrogen) atoms. The second-order valence-corrected chi connectivity index (χ2v) is 7.35. The molecule has 0 radical (unpaired) electrons. The average Bonchev–Trinajstić information content (AvgIpc) is 2.96. The van der Waals surface area contributed by atoms with Crippen LogP contribution in [0, 0.1) is 6.92 Å². The maximum atomic E-state index is 12.4. The van der Waals surface area contributed by atoms with Crippen molar-refractivity contribution in [2.45, 2.75) is 13.5 Å². The number of methoxy groups -OCH3 is 1. The Labute approximate surface area is 177 Å². The summed E-state index contributed by atoms with van der Waals surface area (Å²) in [7, 11) is 1.55. The summed E-state index contributed by atoms with van der Waals surface area (Å²) < 4.78 is 12.1. The van der Waals surface area contributed by atoms with E-state index in [1.165, 1.54) is 6.08 Å². The van der Waals surface area contributed by atoms with Crippen molar-refractivity contribution in [2.75, 3.05) is 13.7 Å². The van der Waals surface area contributed by atoms with Crippen LogP contribution < -0.4 is 14.8 Å². The lowest BCUT2D eigenvalue weighted by atomic mass is 10.1. The third kappa shape index (κ3) is 4.68. The molecule has 1 aliphatic rings. The van der Waals surface area contributed by atoms with Gasteiger partial charge in [-0.15, -0.1) is 6.58 Å². The van der Waals surface area contributed by atoms with Gasteiger partial charge in [-0.1, -0.05) is 51.8 Å². The first-order valence-electron chi connectivity index (χ1n) is 8.94. The van der Waals surface area contributed by atoms with E-state index in [2.05, 4.69) is 33.9 Å². The van der Waals surface area contributed by atoms with E-state index in [0.29, 0.717) is 28.1 Å². The van der Waals surface area contributed by atoms with Crippen molar-refractivity contribution in [3.8, 4) is 11.5 Å². The van der Waals surface area contributed by atoms with Gasteiger partial charge in [-0.25, -0.2) is 4.79 Å². The van der Waals surface area contributed by atoms with Crippen LogP contribution >= 0.6 is 15.9 Å². The number of nitrogens with one attached hydrogen (secondary N) is 1. The minimum Gasteiger partial charge on any atom is -0.493 e. The quantitative estimate of drug-likeness (QED) is 0.380. The highest BCUT2D eigenvalue weighted by Gasteiger charge is 2.32. The third-order valence-electron chi connectivity index (χ3n) is 4.33. The number of hydrogen-bond acceptors (Lipinski definition) is 4. The molecule has 6 nitrogen and oxygen atoms in total. The maximum Gasteiger partial charge on any atom is 0.329 e. The monoisotopic (exact) mass is 456 g/mol. The van der Waals surface area contributed by atoms with E-state index in [1.54, 1.807) is 25.3 Å². The molecule has 1 heterocycles. The highest BCUT2D eigenvalue weighted by molar-refractivity contribution is 9.10. The van der Waals surface area contributed by atoms with Crippen LogP contribution in [-0.2, 0) is 11.4 Å². The minimum atomic E-state index is -0.470. The van der Waals surface area contributed by atoms with Crippen molar-refractivity contribution in [1.29, 1.82) is 0 Å². The van der Waals surface area contributed by atoms with Gasteiger partial charge >= 0.3 is 6.03 Å². The molecule has 0 aliphatic carbocycles. The lowest BCUT2D eigenvalue weighted by Gasteiger charge is -2.13. The minimum absolute atomic E-state index is 0.151. The van der Waals surface area contributed by atoms with E-state index in [-0.39, 0.29) is 12.2 Å². The molecular weight excluding hydrogens is 436 g/mol. The summed E-state index contributed by atoms with van der Waals surface area (Å²) in [6, 6.07) is 11.1. The van der Waals surface area contributed by atoms with Crippen LogP contribution in [0.2, 0.25) is 0 Å². The number of hydrogen-bond donors (Lipinski definition) is 1. The largest absolute Gasteiger partial charge is 0.493 e. The van der Waals surface area contributed by atoms with Crippen molar-refractivity contribution in [1.82, 2.24) is 10.2 Å². The Balaban J connectivity index is 1.84. The molecule has 1 N–H and O–H groups in total. The van der Waals surface area contributed by atoms with Crippen molar-refractivity contribution in [2.24, 2.45) is 0 Å². The predicted molar refractivity (Wildman–Crippen MR) is 115 cm³/mol. The molecule has 0 unspecified atom stereocenters. The van der Waals surface area contributed by atoms with Crippen molar-refractivity contribution >= 4 is 33.9 Å². The SMILES string of the molecule is C=CCN1C(=O)N/C(=C/c2cc(OC)c(OCc3cccc(C)c3)cc2Br)C1=O. The number of imide groups is 1. The van der Waals surface area contributed by atoms with E-state index in [4.69, 9.17) is 9.47 Å². The van der Waals surface area contributed by atoms with E-state index in [9.17, 15) is 9.59 Å². The van der Waals surface area contributed by atoms with Gasteiger partial charge in [0.25, 0.3) is 5.91 Å². The Morgan fingerprint density at radius 2 is 2.00 bits per heavy atom. The Morgan fingerprint density at radius 3 is 2.69 bits per heavy atom. The Hall–Kier alpha value is -3.06. The number of aryl methyl sites for hydroxylation is 1. The number of urea groups is 1. The molecule has 2 aromatic carbocycles. The van der Waals surface area contributed by atoms with Crippen LogP contribution in [0.3, 0.4) is 0 Å². The number of benzene rings is 2.